The van der Waals surface area contributed by atoms with Crippen LogP contribution in [0.5, 0.6) is 0 Å². The third-order valence-electron chi connectivity index (χ3n) is 2.63. The lowest BCUT2D eigenvalue weighted by Crippen LogP contribution is -2.12. The highest BCUT2D eigenvalue weighted by molar-refractivity contribution is 6.29. The maximum absolute atomic E-state index is 12.6. The number of hydrogen-bond acceptors (Lipinski definition) is 3. The summed E-state index contributed by atoms with van der Waals surface area (Å²) < 4.78 is 37.9. The van der Waals surface area contributed by atoms with Gasteiger partial charge in [0.25, 0.3) is 0 Å². The fourth-order valence-corrected chi connectivity index (χ4v) is 1.72. The molecule has 0 bridgehead atoms. The van der Waals surface area contributed by atoms with Crippen LogP contribution in [0.15, 0.2) is 42.6 Å². The number of amides is 1. The van der Waals surface area contributed by atoms with E-state index in [2.05, 4.69) is 15.6 Å². The van der Waals surface area contributed by atoms with Crippen LogP contribution in [0, 0.1) is 0 Å². The van der Waals surface area contributed by atoms with Gasteiger partial charge in [-0.1, -0.05) is 6.07 Å². The van der Waals surface area contributed by atoms with Gasteiger partial charge < -0.3 is 10.6 Å². The SMILES string of the molecule is O=C(CCl)Nc1ccc(Nc2cccc(C(F)(F)F)c2)nc1. The molecule has 4 nitrogen and oxygen atoms in total. The van der Waals surface area contributed by atoms with Gasteiger partial charge in [-0.15, -0.1) is 11.6 Å². The summed E-state index contributed by atoms with van der Waals surface area (Å²) in [6.45, 7) is 0. The van der Waals surface area contributed by atoms with E-state index in [0.717, 1.165) is 12.1 Å². The van der Waals surface area contributed by atoms with Gasteiger partial charge in [0.2, 0.25) is 5.91 Å². The lowest BCUT2D eigenvalue weighted by atomic mass is 10.2. The van der Waals surface area contributed by atoms with Crippen molar-refractivity contribution < 1.29 is 18.0 Å². The standard InChI is InChI=1S/C14H11ClF3N3O/c15-7-13(22)21-11-4-5-12(19-8-11)20-10-3-1-2-9(6-10)14(16,17)18/h1-6,8H,7H2,(H,19,20)(H,21,22). The van der Waals surface area contributed by atoms with Gasteiger partial charge in [0.15, 0.2) is 0 Å². The molecule has 2 N–H and O–H groups in total. The number of anilines is 3. The molecule has 22 heavy (non-hydrogen) atoms. The molecule has 2 rings (SSSR count). The molecule has 116 valence electrons. The summed E-state index contributed by atoms with van der Waals surface area (Å²) in [5.74, 6) is -0.199. The van der Waals surface area contributed by atoms with Gasteiger partial charge in [0.05, 0.1) is 17.4 Å². The van der Waals surface area contributed by atoms with E-state index in [4.69, 9.17) is 11.6 Å². The summed E-state index contributed by atoms with van der Waals surface area (Å²) in [7, 11) is 0. The van der Waals surface area contributed by atoms with Crippen molar-refractivity contribution >= 4 is 34.7 Å². The highest BCUT2D eigenvalue weighted by atomic mass is 35.5. The quantitative estimate of drug-likeness (QED) is 0.833. The third-order valence-corrected chi connectivity index (χ3v) is 2.87. The van der Waals surface area contributed by atoms with Crippen LogP contribution in [0.4, 0.5) is 30.4 Å². The second-order valence-corrected chi connectivity index (χ2v) is 4.58. The minimum Gasteiger partial charge on any atom is -0.340 e. The Bertz CT molecular complexity index is 659. The van der Waals surface area contributed by atoms with Crippen molar-refractivity contribution in [1.82, 2.24) is 4.98 Å². The number of alkyl halides is 4. The summed E-state index contributed by atoms with van der Waals surface area (Å²) in [6.07, 6.45) is -3.03. The van der Waals surface area contributed by atoms with Crippen LogP contribution in [0.2, 0.25) is 0 Å². The molecule has 0 aliphatic rings. The van der Waals surface area contributed by atoms with Crippen LogP contribution < -0.4 is 10.6 Å². The molecular formula is C14H11ClF3N3O. The average molecular weight is 330 g/mol. The van der Waals surface area contributed by atoms with Crippen molar-refractivity contribution in [3.8, 4) is 0 Å². The number of rotatable bonds is 4. The second kappa shape index (κ2) is 6.65. The largest absolute Gasteiger partial charge is 0.416 e. The van der Waals surface area contributed by atoms with Gasteiger partial charge in [0, 0.05) is 5.69 Å². The molecular weight excluding hydrogens is 319 g/mol. The number of benzene rings is 1. The molecule has 0 aliphatic carbocycles. The minimum absolute atomic E-state index is 0.176. The summed E-state index contributed by atoms with van der Waals surface area (Å²) in [6, 6.07) is 7.88. The van der Waals surface area contributed by atoms with Gasteiger partial charge in [0.1, 0.15) is 11.7 Å². The van der Waals surface area contributed by atoms with Gasteiger partial charge >= 0.3 is 6.18 Å². The number of halogens is 4. The monoisotopic (exact) mass is 329 g/mol. The molecule has 8 heteroatoms. The third kappa shape index (κ3) is 4.36. The lowest BCUT2D eigenvalue weighted by Gasteiger charge is -2.10. The molecule has 0 radical (unpaired) electrons. The molecule has 0 saturated carbocycles. The first kappa shape index (κ1) is 16.1. The van der Waals surface area contributed by atoms with Crippen LogP contribution in [0.3, 0.4) is 0 Å². The second-order valence-electron chi connectivity index (χ2n) is 4.32. The van der Waals surface area contributed by atoms with Crippen LogP contribution in [-0.4, -0.2) is 16.8 Å². The molecule has 0 saturated heterocycles. The van der Waals surface area contributed by atoms with Gasteiger partial charge in [-0.05, 0) is 30.3 Å². The number of aromatic nitrogens is 1. The lowest BCUT2D eigenvalue weighted by molar-refractivity contribution is -0.137. The molecule has 0 unspecified atom stereocenters. The average Bonchev–Trinajstić information content (AvgIpc) is 2.48. The van der Waals surface area contributed by atoms with E-state index in [1.54, 1.807) is 6.07 Å². The first-order chi connectivity index (χ1) is 10.4. The highest BCUT2D eigenvalue weighted by Crippen LogP contribution is 2.31. The number of nitrogens with one attached hydrogen (secondary N) is 2. The van der Waals surface area contributed by atoms with Crippen molar-refractivity contribution in [1.29, 1.82) is 0 Å². The van der Waals surface area contributed by atoms with E-state index >= 15 is 0 Å². The fourth-order valence-electron chi connectivity index (χ4n) is 1.66. The maximum Gasteiger partial charge on any atom is 0.416 e. The van der Waals surface area contributed by atoms with E-state index in [0.29, 0.717) is 11.5 Å². The van der Waals surface area contributed by atoms with E-state index in [-0.39, 0.29) is 17.5 Å². The van der Waals surface area contributed by atoms with E-state index < -0.39 is 11.7 Å². The van der Waals surface area contributed by atoms with Gasteiger partial charge in [-0.25, -0.2) is 4.98 Å². The Hall–Kier alpha value is -2.28. The van der Waals surface area contributed by atoms with Crippen LogP contribution in [0.25, 0.3) is 0 Å². The normalized spacial score (nSPS) is 11.1. The molecule has 1 aromatic heterocycles. The molecule has 0 aliphatic heterocycles. The first-order valence-corrected chi connectivity index (χ1v) is 6.68. The Morgan fingerprint density at radius 2 is 1.95 bits per heavy atom. The zero-order valence-electron chi connectivity index (χ0n) is 11.1. The molecule has 0 spiro atoms. The number of carbonyl (C=O) groups is 1. The summed E-state index contributed by atoms with van der Waals surface area (Å²) in [4.78, 5) is 15.1. The van der Waals surface area contributed by atoms with Crippen molar-refractivity contribution in [3.63, 3.8) is 0 Å². The van der Waals surface area contributed by atoms with Crippen LogP contribution >= 0.6 is 11.6 Å². The minimum atomic E-state index is -4.40. The van der Waals surface area contributed by atoms with E-state index in [1.807, 2.05) is 0 Å². The Labute approximate surface area is 129 Å². The van der Waals surface area contributed by atoms with E-state index in [1.165, 1.54) is 24.4 Å². The van der Waals surface area contributed by atoms with Gasteiger partial charge in [-0.3, -0.25) is 4.79 Å². The summed E-state index contributed by atoms with van der Waals surface area (Å²) >= 11 is 5.36. The van der Waals surface area contributed by atoms with E-state index in [9.17, 15) is 18.0 Å². The Morgan fingerprint density at radius 1 is 1.18 bits per heavy atom. The Kier molecular flexibility index (Phi) is 4.87. The number of pyridine rings is 1. The van der Waals surface area contributed by atoms with Crippen molar-refractivity contribution in [3.05, 3.63) is 48.2 Å². The van der Waals surface area contributed by atoms with Crippen molar-refractivity contribution in [2.45, 2.75) is 6.18 Å². The van der Waals surface area contributed by atoms with Crippen molar-refractivity contribution in [2.24, 2.45) is 0 Å². The molecule has 1 heterocycles. The number of nitrogens with zero attached hydrogens (tertiary/aromatic N) is 1. The highest BCUT2D eigenvalue weighted by Gasteiger charge is 2.30. The Morgan fingerprint density at radius 3 is 2.55 bits per heavy atom. The van der Waals surface area contributed by atoms with Crippen LogP contribution in [0.1, 0.15) is 5.56 Å². The predicted molar refractivity (Wildman–Crippen MR) is 78.3 cm³/mol. The Balaban J connectivity index is 2.09. The molecule has 2 aromatic rings. The molecule has 0 atom stereocenters. The first-order valence-electron chi connectivity index (χ1n) is 6.14. The zero-order valence-corrected chi connectivity index (χ0v) is 11.9. The van der Waals surface area contributed by atoms with Gasteiger partial charge in [-0.2, -0.15) is 13.2 Å². The van der Waals surface area contributed by atoms with Crippen LogP contribution in [-0.2, 0) is 11.0 Å². The smallest absolute Gasteiger partial charge is 0.340 e. The molecule has 0 fully saturated rings. The molecule has 1 amide bonds. The summed E-state index contributed by atoms with van der Waals surface area (Å²) in [5, 5.41) is 5.26. The topological polar surface area (TPSA) is 54.0 Å². The van der Waals surface area contributed by atoms with Crippen molar-refractivity contribution in [2.75, 3.05) is 16.5 Å². The zero-order chi connectivity index (χ0) is 16.2. The number of hydrogen-bond donors (Lipinski definition) is 2. The number of carbonyl (C=O) groups excluding carboxylic acids is 1. The maximum atomic E-state index is 12.6. The fraction of sp³-hybridized carbons (Fsp3) is 0.143. The molecule has 1 aromatic carbocycles. The summed E-state index contributed by atoms with van der Waals surface area (Å²) in [5.41, 5.74) is -0.0383. The predicted octanol–water partition coefficient (Wildman–Crippen LogP) is 4.02.